The summed E-state index contributed by atoms with van der Waals surface area (Å²) in [6.45, 7) is 2.10. The Morgan fingerprint density at radius 1 is 1.11 bits per heavy atom. The van der Waals surface area contributed by atoms with Crippen LogP contribution < -0.4 is 0 Å². The number of nitriles is 1. The number of thioether (sulfide) groups is 1. The van der Waals surface area contributed by atoms with Crippen LogP contribution in [-0.2, 0) is 0 Å². The summed E-state index contributed by atoms with van der Waals surface area (Å²) in [5.41, 5.74) is 1.82. The molecule has 0 N–H and O–H groups in total. The van der Waals surface area contributed by atoms with Gasteiger partial charge in [-0.2, -0.15) is 5.26 Å². The van der Waals surface area contributed by atoms with Gasteiger partial charge in [-0.25, -0.2) is 0 Å². The van der Waals surface area contributed by atoms with Crippen molar-refractivity contribution in [1.29, 1.82) is 5.26 Å². The van der Waals surface area contributed by atoms with Gasteiger partial charge in [0.15, 0.2) is 0 Å². The van der Waals surface area contributed by atoms with Gasteiger partial charge in [0.25, 0.3) is 0 Å². The van der Waals surface area contributed by atoms with E-state index in [9.17, 15) is 5.26 Å². The fourth-order valence-corrected chi connectivity index (χ4v) is 5.17. The average Bonchev–Trinajstić information content (AvgIpc) is 2.80. The Morgan fingerprint density at radius 2 is 1.72 bits per heavy atom. The van der Waals surface area contributed by atoms with Crippen LogP contribution >= 0.6 is 11.8 Å². The summed E-state index contributed by atoms with van der Waals surface area (Å²) in [6, 6.07) is 11.2. The smallest absolute Gasteiger partial charge is 0.108 e. The monoisotopic (exact) mass is 257 g/mol. The molecule has 2 heteroatoms. The lowest BCUT2D eigenvalue weighted by Crippen LogP contribution is -2.47. The van der Waals surface area contributed by atoms with E-state index in [-0.39, 0.29) is 4.75 Å². The van der Waals surface area contributed by atoms with E-state index in [0.29, 0.717) is 5.41 Å². The molecule has 2 aliphatic rings. The number of nitrogens with zero attached hydrogens (tertiary/aromatic N) is 1. The van der Waals surface area contributed by atoms with Gasteiger partial charge in [-0.3, -0.25) is 0 Å². The van der Waals surface area contributed by atoms with Crippen LogP contribution in [-0.4, -0.2) is 4.75 Å². The second kappa shape index (κ2) is 4.31. The summed E-state index contributed by atoms with van der Waals surface area (Å²) >= 11 is 1.79. The molecule has 2 aliphatic carbocycles. The minimum Gasteiger partial charge on any atom is -0.197 e. The molecule has 0 aliphatic heterocycles. The Bertz CT molecular complexity index is 469. The van der Waals surface area contributed by atoms with Gasteiger partial charge >= 0.3 is 0 Å². The number of hydrogen-bond acceptors (Lipinski definition) is 2. The molecule has 2 fully saturated rings. The standard InChI is InChI=1S/C16H19NS/c1-13-4-6-14(7-5-13)18-16(12-17)10-15(11-16)8-2-3-9-15/h4-7H,2-3,8-11H2,1H3. The second-order valence-electron chi connectivity index (χ2n) is 6.08. The van der Waals surface area contributed by atoms with Crippen LogP contribution in [0.3, 0.4) is 0 Å². The van der Waals surface area contributed by atoms with Gasteiger partial charge in [-0.05, 0) is 50.2 Å². The second-order valence-corrected chi connectivity index (χ2v) is 7.54. The van der Waals surface area contributed by atoms with E-state index in [1.807, 2.05) is 0 Å². The molecule has 3 rings (SSSR count). The first-order valence-corrected chi connectivity index (χ1v) is 7.64. The zero-order valence-corrected chi connectivity index (χ0v) is 11.7. The van der Waals surface area contributed by atoms with Crippen molar-refractivity contribution in [2.75, 3.05) is 0 Å². The molecule has 0 amide bonds. The van der Waals surface area contributed by atoms with Crippen LogP contribution in [0.15, 0.2) is 29.2 Å². The number of aryl methyl sites for hydroxylation is 1. The first-order chi connectivity index (χ1) is 8.65. The minimum atomic E-state index is -0.139. The van der Waals surface area contributed by atoms with E-state index < -0.39 is 0 Å². The van der Waals surface area contributed by atoms with Crippen molar-refractivity contribution in [3.8, 4) is 6.07 Å². The van der Waals surface area contributed by atoms with Gasteiger partial charge in [-0.15, -0.1) is 11.8 Å². The van der Waals surface area contributed by atoms with Crippen LogP contribution in [0.5, 0.6) is 0 Å². The van der Waals surface area contributed by atoms with Crippen LogP contribution in [0.1, 0.15) is 44.1 Å². The summed E-state index contributed by atoms with van der Waals surface area (Å²) in [5, 5.41) is 9.53. The van der Waals surface area contributed by atoms with Crippen molar-refractivity contribution >= 4 is 11.8 Å². The summed E-state index contributed by atoms with van der Waals surface area (Å²) < 4.78 is -0.139. The normalized spacial score (nSPS) is 23.6. The first-order valence-electron chi connectivity index (χ1n) is 6.82. The highest BCUT2D eigenvalue weighted by atomic mass is 32.2. The van der Waals surface area contributed by atoms with E-state index in [1.165, 1.54) is 36.1 Å². The molecule has 0 unspecified atom stereocenters. The maximum atomic E-state index is 9.53. The minimum absolute atomic E-state index is 0.139. The molecule has 0 radical (unpaired) electrons. The third-order valence-corrected chi connectivity index (χ3v) is 5.80. The number of benzene rings is 1. The predicted octanol–water partition coefficient (Wildman–Crippen LogP) is 4.70. The number of hydrogen-bond donors (Lipinski definition) is 0. The maximum Gasteiger partial charge on any atom is 0.108 e. The Morgan fingerprint density at radius 3 is 2.28 bits per heavy atom. The van der Waals surface area contributed by atoms with Crippen molar-refractivity contribution in [1.82, 2.24) is 0 Å². The Labute approximate surface area is 114 Å². The molecule has 1 nitrogen and oxygen atoms in total. The van der Waals surface area contributed by atoms with Gasteiger partial charge in [0.1, 0.15) is 4.75 Å². The molecule has 0 atom stereocenters. The topological polar surface area (TPSA) is 23.8 Å². The Hall–Kier alpha value is -0.940. The molecule has 0 bridgehead atoms. The summed E-state index contributed by atoms with van der Waals surface area (Å²) in [6.07, 6.45) is 7.66. The highest BCUT2D eigenvalue weighted by Crippen LogP contribution is 2.63. The number of rotatable bonds is 2. The van der Waals surface area contributed by atoms with Gasteiger partial charge in [0.05, 0.1) is 6.07 Å². The molecule has 1 aromatic carbocycles. The van der Waals surface area contributed by atoms with Gasteiger partial charge in [-0.1, -0.05) is 30.5 Å². The molecule has 0 saturated heterocycles. The summed E-state index contributed by atoms with van der Waals surface area (Å²) in [4.78, 5) is 1.25. The van der Waals surface area contributed by atoms with Gasteiger partial charge in [0.2, 0.25) is 0 Å². The largest absolute Gasteiger partial charge is 0.197 e. The SMILES string of the molecule is Cc1ccc(SC2(C#N)CC3(CCCC3)C2)cc1. The van der Waals surface area contributed by atoms with Crippen molar-refractivity contribution < 1.29 is 0 Å². The lowest BCUT2D eigenvalue weighted by atomic mass is 9.61. The fourth-order valence-electron chi connectivity index (χ4n) is 3.64. The van der Waals surface area contributed by atoms with E-state index in [2.05, 4.69) is 37.3 Å². The molecular formula is C16H19NS. The maximum absolute atomic E-state index is 9.53. The first kappa shape index (κ1) is 12.1. The zero-order valence-electron chi connectivity index (χ0n) is 10.9. The lowest BCUT2D eigenvalue weighted by Gasteiger charge is -2.50. The van der Waals surface area contributed by atoms with Crippen molar-refractivity contribution in [3.05, 3.63) is 29.8 Å². The third-order valence-electron chi connectivity index (χ3n) is 4.52. The quantitative estimate of drug-likeness (QED) is 0.766. The molecule has 94 valence electrons. The van der Waals surface area contributed by atoms with E-state index in [4.69, 9.17) is 0 Å². The molecule has 1 spiro atoms. The van der Waals surface area contributed by atoms with Gasteiger partial charge < -0.3 is 0 Å². The predicted molar refractivity (Wildman–Crippen MR) is 75.5 cm³/mol. The molecule has 0 aromatic heterocycles. The molecule has 18 heavy (non-hydrogen) atoms. The molecule has 1 aromatic rings. The summed E-state index contributed by atoms with van der Waals surface area (Å²) in [7, 11) is 0. The highest BCUT2D eigenvalue weighted by molar-refractivity contribution is 8.01. The molecular weight excluding hydrogens is 238 g/mol. The van der Waals surface area contributed by atoms with E-state index in [1.54, 1.807) is 11.8 Å². The van der Waals surface area contributed by atoms with E-state index >= 15 is 0 Å². The van der Waals surface area contributed by atoms with Crippen molar-refractivity contribution in [2.24, 2.45) is 5.41 Å². The fraction of sp³-hybridized carbons (Fsp3) is 0.562. The third kappa shape index (κ3) is 2.06. The van der Waals surface area contributed by atoms with Crippen LogP contribution in [0, 0.1) is 23.7 Å². The highest BCUT2D eigenvalue weighted by Gasteiger charge is 2.56. The van der Waals surface area contributed by atoms with Crippen LogP contribution in [0.4, 0.5) is 0 Å². The lowest BCUT2D eigenvalue weighted by molar-refractivity contribution is 0.119. The summed E-state index contributed by atoms with van der Waals surface area (Å²) in [5.74, 6) is 0. The Balaban J connectivity index is 1.71. The van der Waals surface area contributed by atoms with Crippen LogP contribution in [0.25, 0.3) is 0 Å². The van der Waals surface area contributed by atoms with E-state index in [0.717, 1.165) is 12.8 Å². The van der Waals surface area contributed by atoms with Crippen molar-refractivity contribution in [3.63, 3.8) is 0 Å². The molecule has 2 saturated carbocycles. The molecule has 0 heterocycles. The van der Waals surface area contributed by atoms with Crippen molar-refractivity contribution in [2.45, 2.75) is 55.1 Å². The Kier molecular flexibility index (Phi) is 2.90. The van der Waals surface area contributed by atoms with Crippen LogP contribution in [0.2, 0.25) is 0 Å². The average molecular weight is 257 g/mol. The van der Waals surface area contributed by atoms with Gasteiger partial charge in [0, 0.05) is 4.90 Å². The zero-order chi connectivity index (χ0) is 12.6.